The minimum Gasteiger partial charge on any atom is -0.377 e. The van der Waals surface area contributed by atoms with Crippen molar-refractivity contribution in [3.05, 3.63) is 24.3 Å². The maximum atomic E-state index is 11.1. The second-order valence-electron chi connectivity index (χ2n) is 4.58. The van der Waals surface area contributed by atoms with Crippen molar-refractivity contribution < 1.29 is 13.5 Å². The minimum atomic E-state index is -1.90. The van der Waals surface area contributed by atoms with Gasteiger partial charge in [-0.3, -0.25) is 0 Å². The highest BCUT2D eigenvalue weighted by Gasteiger charge is 2.37. The summed E-state index contributed by atoms with van der Waals surface area (Å²) in [5.74, 6) is 0. The van der Waals surface area contributed by atoms with Crippen LogP contribution in [0.1, 0.15) is 12.8 Å². The fourth-order valence-electron chi connectivity index (χ4n) is 2.80. The molecule has 1 aromatic carbocycles. The standard InChI is InChI=1S/C12H15NO3S/c14-17(15)12-3-1-2-9(6-12)13-10-4-5-11(13)8-16-7-10/h1-3,6,10-11H,4-5,7-8H2,(H,14,15). The van der Waals surface area contributed by atoms with Gasteiger partial charge in [-0.1, -0.05) is 6.07 Å². The minimum absolute atomic E-state index is 0.427. The topological polar surface area (TPSA) is 49.8 Å². The van der Waals surface area contributed by atoms with Crippen molar-refractivity contribution in [2.75, 3.05) is 18.1 Å². The second kappa shape index (κ2) is 4.40. The van der Waals surface area contributed by atoms with Gasteiger partial charge in [0.2, 0.25) is 0 Å². The predicted octanol–water partition coefficient (Wildman–Crippen LogP) is 1.63. The molecule has 2 aliphatic heterocycles. The van der Waals surface area contributed by atoms with Crippen molar-refractivity contribution in [3.8, 4) is 0 Å². The summed E-state index contributed by atoms with van der Waals surface area (Å²) in [5, 5.41) is 0. The van der Waals surface area contributed by atoms with Gasteiger partial charge >= 0.3 is 0 Å². The third kappa shape index (κ3) is 1.99. The van der Waals surface area contributed by atoms with Gasteiger partial charge in [0.15, 0.2) is 11.1 Å². The fraction of sp³-hybridized carbons (Fsp3) is 0.500. The molecule has 0 aliphatic carbocycles. The summed E-state index contributed by atoms with van der Waals surface area (Å²) < 4.78 is 25.7. The third-order valence-electron chi connectivity index (χ3n) is 3.56. The Bertz CT molecular complexity index is 435. The molecule has 3 rings (SSSR count). The monoisotopic (exact) mass is 253 g/mol. The lowest BCUT2D eigenvalue weighted by Crippen LogP contribution is -2.45. The van der Waals surface area contributed by atoms with E-state index in [-0.39, 0.29) is 0 Å². The lowest BCUT2D eigenvalue weighted by Gasteiger charge is -2.36. The quantitative estimate of drug-likeness (QED) is 0.814. The van der Waals surface area contributed by atoms with Gasteiger partial charge in [0.1, 0.15) is 0 Å². The first kappa shape index (κ1) is 11.2. The number of rotatable bonds is 2. The molecule has 2 fully saturated rings. The average molecular weight is 253 g/mol. The largest absolute Gasteiger partial charge is 0.377 e. The SMILES string of the molecule is O=S(O)c1cccc(N2C3CCC2COC3)c1. The van der Waals surface area contributed by atoms with Gasteiger partial charge in [0, 0.05) is 5.69 Å². The molecule has 2 aliphatic rings. The van der Waals surface area contributed by atoms with Crippen molar-refractivity contribution in [2.45, 2.75) is 29.8 Å². The molecule has 1 N–H and O–H groups in total. The molecule has 17 heavy (non-hydrogen) atoms. The molecule has 0 aromatic heterocycles. The molecule has 92 valence electrons. The van der Waals surface area contributed by atoms with E-state index in [2.05, 4.69) is 4.90 Å². The molecule has 3 atom stereocenters. The lowest BCUT2D eigenvalue weighted by molar-refractivity contribution is 0.0906. The van der Waals surface area contributed by atoms with Gasteiger partial charge in [-0.25, -0.2) is 4.21 Å². The normalized spacial score (nSPS) is 29.4. The van der Waals surface area contributed by atoms with E-state index in [9.17, 15) is 4.21 Å². The highest BCUT2D eigenvalue weighted by molar-refractivity contribution is 7.79. The molecule has 2 saturated heterocycles. The summed E-state index contributed by atoms with van der Waals surface area (Å²) in [4.78, 5) is 2.81. The van der Waals surface area contributed by atoms with Crippen LogP contribution in [0.2, 0.25) is 0 Å². The Morgan fingerprint density at radius 1 is 1.29 bits per heavy atom. The Morgan fingerprint density at radius 2 is 2.00 bits per heavy atom. The van der Waals surface area contributed by atoms with Crippen molar-refractivity contribution in [2.24, 2.45) is 0 Å². The maximum absolute atomic E-state index is 11.1. The summed E-state index contributed by atoms with van der Waals surface area (Å²) in [7, 11) is 0. The van der Waals surface area contributed by atoms with Gasteiger partial charge in [-0.15, -0.1) is 0 Å². The summed E-state index contributed by atoms with van der Waals surface area (Å²) in [6.07, 6.45) is 2.30. The van der Waals surface area contributed by atoms with E-state index in [0.717, 1.165) is 31.7 Å². The first-order chi connectivity index (χ1) is 8.25. The van der Waals surface area contributed by atoms with Crippen molar-refractivity contribution in [1.29, 1.82) is 0 Å². The molecule has 2 heterocycles. The number of anilines is 1. The lowest BCUT2D eigenvalue weighted by atomic mass is 10.2. The number of benzene rings is 1. The number of fused-ring (bicyclic) bond motifs is 2. The third-order valence-corrected chi connectivity index (χ3v) is 4.21. The Balaban J connectivity index is 1.93. The van der Waals surface area contributed by atoms with Crippen LogP contribution in [0.4, 0.5) is 5.69 Å². The van der Waals surface area contributed by atoms with Crippen LogP contribution in [0.25, 0.3) is 0 Å². The zero-order valence-corrected chi connectivity index (χ0v) is 10.2. The maximum Gasteiger partial charge on any atom is 0.186 e. The van der Waals surface area contributed by atoms with Crippen molar-refractivity contribution >= 4 is 16.8 Å². The summed E-state index contributed by atoms with van der Waals surface area (Å²) in [6, 6.07) is 8.20. The smallest absolute Gasteiger partial charge is 0.186 e. The number of hydrogen-bond donors (Lipinski definition) is 1. The first-order valence-electron chi connectivity index (χ1n) is 5.83. The van der Waals surface area contributed by atoms with Crippen molar-refractivity contribution in [1.82, 2.24) is 0 Å². The van der Waals surface area contributed by atoms with E-state index in [1.165, 1.54) is 0 Å². The van der Waals surface area contributed by atoms with Crippen LogP contribution in [-0.4, -0.2) is 34.1 Å². The van der Waals surface area contributed by atoms with E-state index >= 15 is 0 Å². The fourth-order valence-corrected chi connectivity index (χ4v) is 3.22. The van der Waals surface area contributed by atoms with Crippen LogP contribution in [0, 0.1) is 0 Å². The van der Waals surface area contributed by atoms with E-state index in [4.69, 9.17) is 9.29 Å². The van der Waals surface area contributed by atoms with Crippen molar-refractivity contribution in [3.63, 3.8) is 0 Å². The number of hydrogen-bond acceptors (Lipinski definition) is 3. The van der Waals surface area contributed by atoms with Crippen LogP contribution >= 0.6 is 0 Å². The van der Waals surface area contributed by atoms with E-state index < -0.39 is 11.1 Å². The number of morpholine rings is 1. The highest BCUT2D eigenvalue weighted by atomic mass is 32.2. The summed E-state index contributed by atoms with van der Waals surface area (Å²) >= 11 is -1.90. The molecule has 0 spiro atoms. The van der Waals surface area contributed by atoms with Gasteiger partial charge < -0.3 is 14.2 Å². The van der Waals surface area contributed by atoms with E-state index in [1.807, 2.05) is 18.2 Å². The summed E-state index contributed by atoms with van der Waals surface area (Å²) in [5.41, 5.74) is 1.04. The molecular formula is C12H15NO3S. The van der Waals surface area contributed by atoms with Gasteiger partial charge in [0.25, 0.3) is 0 Å². The molecule has 0 saturated carbocycles. The Morgan fingerprint density at radius 3 is 2.65 bits per heavy atom. The molecule has 1 aromatic rings. The van der Waals surface area contributed by atoms with Gasteiger partial charge in [-0.2, -0.15) is 0 Å². The second-order valence-corrected chi connectivity index (χ2v) is 5.55. The van der Waals surface area contributed by atoms with E-state index in [1.54, 1.807) is 6.07 Å². The van der Waals surface area contributed by atoms with Crippen LogP contribution in [0.5, 0.6) is 0 Å². The molecule has 0 amide bonds. The van der Waals surface area contributed by atoms with Crippen LogP contribution in [0.3, 0.4) is 0 Å². The Labute approximate surface area is 103 Å². The highest BCUT2D eigenvalue weighted by Crippen LogP contribution is 2.34. The Hall–Kier alpha value is -0.910. The van der Waals surface area contributed by atoms with Crippen LogP contribution < -0.4 is 4.90 Å². The average Bonchev–Trinajstić information content (AvgIpc) is 2.59. The van der Waals surface area contributed by atoms with Gasteiger partial charge in [-0.05, 0) is 31.0 Å². The number of ether oxygens (including phenoxy) is 1. The molecule has 5 heteroatoms. The molecule has 3 unspecified atom stereocenters. The zero-order chi connectivity index (χ0) is 11.8. The van der Waals surface area contributed by atoms with Gasteiger partial charge in [0.05, 0.1) is 30.2 Å². The molecule has 4 nitrogen and oxygen atoms in total. The Kier molecular flexibility index (Phi) is 2.90. The number of nitrogens with zero attached hydrogens (tertiary/aromatic N) is 1. The molecule has 2 bridgehead atoms. The van der Waals surface area contributed by atoms with E-state index in [0.29, 0.717) is 17.0 Å². The summed E-state index contributed by atoms with van der Waals surface area (Å²) in [6.45, 7) is 1.53. The molecule has 0 radical (unpaired) electrons. The zero-order valence-electron chi connectivity index (χ0n) is 9.41. The van der Waals surface area contributed by atoms with Crippen LogP contribution in [0.15, 0.2) is 29.2 Å². The predicted molar refractivity (Wildman–Crippen MR) is 65.6 cm³/mol. The molecular weight excluding hydrogens is 238 g/mol. The first-order valence-corrected chi connectivity index (χ1v) is 6.93. The van der Waals surface area contributed by atoms with Crippen LogP contribution in [-0.2, 0) is 15.8 Å².